The Balaban J connectivity index is 2.85. The third-order valence-corrected chi connectivity index (χ3v) is 3.83. The summed E-state index contributed by atoms with van der Waals surface area (Å²) in [6, 6.07) is 6.96. The molecule has 0 amide bonds. The Morgan fingerprint density at radius 3 is 2.68 bits per heavy atom. The molecule has 0 saturated heterocycles. The SMILES string of the molecule is COCC(C)N(C)C(C)(CN)Cc1cccc(F)c1. The molecule has 0 fully saturated rings. The fraction of sp³-hybridized carbons (Fsp3) is 0.600. The predicted molar refractivity (Wildman–Crippen MR) is 76.7 cm³/mol. The van der Waals surface area contributed by atoms with Gasteiger partial charge < -0.3 is 10.5 Å². The maximum atomic E-state index is 13.3. The lowest BCUT2D eigenvalue weighted by Gasteiger charge is -2.42. The minimum atomic E-state index is -0.217. The smallest absolute Gasteiger partial charge is 0.123 e. The summed E-state index contributed by atoms with van der Waals surface area (Å²) in [4.78, 5) is 2.21. The number of hydrogen-bond acceptors (Lipinski definition) is 3. The molecule has 0 radical (unpaired) electrons. The van der Waals surface area contributed by atoms with E-state index in [2.05, 4.69) is 18.7 Å². The lowest BCUT2D eigenvalue weighted by Crippen LogP contribution is -2.55. The second-order valence-corrected chi connectivity index (χ2v) is 5.42. The highest BCUT2D eigenvalue weighted by Gasteiger charge is 2.31. The van der Waals surface area contributed by atoms with E-state index < -0.39 is 0 Å². The summed E-state index contributed by atoms with van der Waals surface area (Å²) in [7, 11) is 3.73. The maximum Gasteiger partial charge on any atom is 0.123 e. The normalized spacial score (nSPS) is 16.4. The molecule has 4 heteroatoms. The highest BCUT2D eigenvalue weighted by atomic mass is 19.1. The number of methoxy groups -OCH3 is 1. The molecule has 1 aromatic carbocycles. The number of benzene rings is 1. The van der Waals surface area contributed by atoms with Gasteiger partial charge in [-0.15, -0.1) is 0 Å². The molecule has 0 aliphatic carbocycles. The third kappa shape index (κ3) is 4.27. The zero-order chi connectivity index (χ0) is 14.5. The van der Waals surface area contributed by atoms with Crippen LogP contribution in [-0.2, 0) is 11.2 Å². The molecule has 0 aliphatic heterocycles. The second-order valence-electron chi connectivity index (χ2n) is 5.42. The summed E-state index contributed by atoms with van der Waals surface area (Å²) in [6.07, 6.45) is 0.714. The van der Waals surface area contributed by atoms with Crippen LogP contribution >= 0.6 is 0 Å². The van der Waals surface area contributed by atoms with E-state index in [0.717, 1.165) is 5.56 Å². The summed E-state index contributed by atoms with van der Waals surface area (Å²) >= 11 is 0. The van der Waals surface area contributed by atoms with Gasteiger partial charge in [0.25, 0.3) is 0 Å². The second kappa shape index (κ2) is 6.98. The minimum Gasteiger partial charge on any atom is -0.383 e. The van der Waals surface area contributed by atoms with E-state index in [-0.39, 0.29) is 17.4 Å². The number of likely N-dealkylation sites (N-methyl/N-ethyl adjacent to an activating group) is 1. The molecule has 2 unspecified atom stereocenters. The van der Waals surface area contributed by atoms with E-state index in [4.69, 9.17) is 10.5 Å². The molecule has 0 aromatic heterocycles. The molecule has 108 valence electrons. The molecule has 19 heavy (non-hydrogen) atoms. The largest absolute Gasteiger partial charge is 0.383 e. The van der Waals surface area contributed by atoms with Crippen LogP contribution in [0.5, 0.6) is 0 Å². The predicted octanol–water partition coefficient (Wildman–Crippen LogP) is 2.05. The third-order valence-electron chi connectivity index (χ3n) is 3.83. The van der Waals surface area contributed by atoms with Gasteiger partial charge in [0.05, 0.1) is 6.61 Å². The van der Waals surface area contributed by atoms with Crippen molar-refractivity contribution in [2.75, 3.05) is 27.3 Å². The van der Waals surface area contributed by atoms with Crippen LogP contribution in [0.15, 0.2) is 24.3 Å². The first-order valence-electron chi connectivity index (χ1n) is 6.59. The van der Waals surface area contributed by atoms with Crippen molar-refractivity contribution in [2.24, 2.45) is 5.73 Å². The highest BCUT2D eigenvalue weighted by molar-refractivity contribution is 5.19. The van der Waals surface area contributed by atoms with Gasteiger partial charge in [0.1, 0.15) is 5.82 Å². The van der Waals surface area contributed by atoms with Crippen LogP contribution in [0.1, 0.15) is 19.4 Å². The molecule has 0 aliphatic rings. The van der Waals surface area contributed by atoms with Crippen LogP contribution < -0.4 is 5.73 Å². The Bertz CT molecular complexity index is 399. The Kier molecular flexibility index (Phi) is 5.91. The van der Waals surface area contributed by atoms with E-state index in [9.17, 15) is 4.39 Å². The van der Waals surface area contributed by atoms with Crippen LogP contribution in [0.25, 0.3) is 0 Å². The maximum absolute atomic E-state index is 13.3. The molecular weight excluding hydrogens is 243 g/mol. The summed E-state index contributed by atoms with van der Waals surface area (Å²) in [5.74, 6) is -0.204. The first-order valence-corrected chi connectivity index (χ1v) is 6.59. The van der Waals surface area contributed by atoms with Gasteiger partial charge in [-0.2, -0.15) is 0 Å². The number of rotatable bonds is 7. The molecular formula is C15H25FN2O. The van der Waals surface area contributed by atoms with Gasteiger partial charge in [-0.05, 0) is 45.0 Å². The molecule has 1 aromatic rings. The first-order chi connectivity index (χ1) is 8.92. The van der Waals surface area contributed by atoms with Crippen molar-refractivity contribution in [3.05, 3.63) is 35.6 Å². The van der Waals surface area contributed by atoms with Crippen molar-refractivity contribution >= 4 is 0 Å². The van der Waals surface area contributed by atoms with Gasteiger partial charge in [-0.3, -0.25) is 4.90 Å². The van der Waals surface area contributed by atoms with Crippen molar-refractivity contribution in [1.29, 1.82) is 0 Å². The van der Waals surface area contributed by atoms with Gasteiger partial charge >= 0.3 is 0 Å². The monoisotopic (exact) mass is 268 g/mol. The number of nitrogens with two attached hydrogens (primary N) is 1. The zero-order valence-corrected chi connectivity index (χ0v) is 12.3. The molecule has 3 nitrogen and oxygen atoms in total. The molecule has 2 N–H and O–H groups in total. The number of halogens is 1. The minimum absolute atomic E-state index is 0.204. The summed E-state index contributed by atoms with van der Waals surface area (Å²) in [5, 5.41) is 0. The van der Waals surface area contributed by atoms with E-state index in [1.165, 1.54) is 6.07 Å². The van der Waals surface area contributed by atoms with Crippen molar-refractivity contribution in [3.8, 4) is 0 Å². The van der Waals surface area contributed by atoms with Crippen LogP contribution in [-0.4, -0.2) is 43.8 Å². The lowest BCUT2D eigenvalue weighted by atomic mass is 9.90. The van der Waals surface area contributed by atoms with Crippen LogP contribution in [0.3, 0.4) is 0 Å². The van der Waals surface area contributed by atoms with Crippen LogP contribution in [0, 0.1) is 5.82 Å². The number of hydrogen-bond donors (Lipinski definition) is 1. The average molecular weight is 268 g/mol. The van der Waals surface area contributed by atoms with Crippen molar-refractivity contribution in [3.63, 3.8) is 0 Å². The van der Waals surface area contributed by atoms with Crippen molar-refractivity contribution in [1.82, 2.24) is 4.90 Å². The summed E-state index contributed by atoms with van der Waals surface area (Å²) in [5.41, 5.74) is 6.70. The van der Waals surface area contributed by atoms with Gasteiger partial charge in [-0.1, -0.05) is 12.1 Å². The molecule has 0 spiro atoms. The highest BCUT2D eigenvalue weighted by Crippen LogP contribution is 2.21. The van der Waals surface area contributed by atoms with Gasteiger partial charge in [0.15, 0.2) is 0 Å². The zero-order valence-electron chi connectivity index (χ0n) is 12.3. The summed E-state index contributed by atoms with van der Waals surface area (Å²) in [6.45, 7) is 5.36. The van der Waals surface area contributed by atoms with Crippen molar-refractivity contribution < 1.29 is 9.13 Å². The van der Waals surface area contributed by atoms with E-state index in [1.54, 1.807) is 19.2 Å². The Labute approximate surface area is 115 Å². The van der Waals surface area contributed by atoms with E-state index in [0.29, 0.717) is 19.6 Å². The molecule has 0 saturated carbocycles. The molecule has 2 atom stereocenters. The Morgan fingerprint density at radius 1 is 1.47 bits per heavy atom. The Hall–Kier alpha value is -0.970. The van der Waals surface area contributed by atoms with Crippen molar-refractivity contribution in [2.45, 2.75) is 31.8 Å². The number of nitrogens with zero attached hydrogens (tertiary/aromatic N) is 1. The fourth-order valence-corrected chi connectivity index (χ4v) is 2.31. The quantitative estimate of drug-likeness (QED) is 0.822. The van der Waals surface area contributed by atoms with Crippen LogP contribution in [0.2, 0.25) is 0 Å². The molecule has 0 bridgehead atoms. The van der Waals surface area contributed by atoms with Crippen LogP contribution in [0.4, 0.5) is 4.39 Å². The average Bonchev–Trinajstić information content (AvgIpc) is 2.38. The standard InChI is InChI=1S/C15H25FN2O/c1-12(10-19-4)18(3)15(2,11-17)9-13-6-5-7-14(16)8-13/h5-8,12H,9-11,17H2,1-4H3. The Morgan fingerprint density at radius 2 is 2.16 bits per heavy atom. The summed E-state index contributed by atoms with van der Waals surface area (Å²) < 4.78 is 18.5. The van der Waals surface area contributed by atoms with E-state index >= 15 is 0 Å². The van der Waals surface area contributed by atoms with Gasteiger partial charge in [0, 0.05) is 25.2 Å². The lowest BCUT2D eigenvalue weighted by molar-refractivity contribution is 0.0474. The first kappa shape index (κ1) is 16.1. The fourth-order valence-electron chi connectivity index (χ4n) is 2.31. The topological polar surface area (TPSA) is 38.5 Å². The van der Waals surface area contributed by atoms with E-state index in [1.807, 2.05) is 13.1 Å². The number of ether oxygens (including phenoxy) is 1. The molecule has 1 rings (SSSR count). The van der Waals surface area contributed by atoms with Gasteiger partial charge in [0.2, 0.25) is 0 Å². The molecule has 0 heterocycles. The van der Waals surface area contributed by atoms with Gasteiger partial charge in [-0.25, -0.2) is 4.39 Å².